The van der Waals surface area contributed by atoms with Gasteiger partial charge in [-0.05, 0) is 24.3 Å². The summed E-state index contributed by atoms with van der Waals surface area (Å²) in [5.74, 6) is 0. The van der Waals surface area contributed by atoms with Crippen molar-refractivity contribution in [2.24, 2.45) is 0 Å². The largest absolute Gasteiger partial charge is 0.265 e. The summed E-state index contributed by atoms with van der Waals surface area (Å²) in [5, 5.41) is 0. The predicted octanol–water partition coefficient (Wildman–Crippen LogP) is 2.75. The highest BCUT2D eigenvalue weighted by Crippen LogP contribution is 2.21. The van der Waals surface area contributed by atoms with E-state index in [1.54, 1.807) is 23.7 Å². The van der Waals surface area contributed by atoms with Crippen LogP contribution in [0.5, 0.6) is 0 Å². The van der Waals surface area contributed by atoms with Gasteiger partial charge in [-0.3, -0.25) is 4.98 Å². The van der Waals surface area contributed by atoms with Gasteiger partial charge >= 0.3 is 0 Å². The van der Waals surface area contributed by atoms with E-state index in [9.17, 15) is 0 Å². The molecule has 0 radical (unpaired) electrons. The smallest absolute Gasteiger partial charge is 0.143 e. The third-order valence-electron chi connectivity index (χ3n) is 2.17. The van der Waals surface area contributed by atoms with Crippen molar-refractivity contribution >= 4 is 21.7 Å². The second kappa shape index (κ2) is 3.40. The lowest BCUT2D eigenvalue weighted by atomic mass is 10.2. The topological polar surface area (TPSA) is 38.7 Å². The summed E-state index contributed by atoms with van der Waals surface area (Å²) < 4.78 is 0. The minimum absolute atomic E-state index is 0.956. The van der Waals surface area contributed by atoms with Gasteiger partial charge in [-0.15, -0.1) is 11.3 Å². The van der Waals surface area contributed by atoms with Crippen molar-refractivity contribution < 1.29 is 0 Å². The van der Waals surface area contributed by atoms with Crippen molar-refractivity contribution in [3.8, 4) is 11.3 Å². The number of rotatable bonds is 1. The second-order valence-electron chi connectivity index (χ2n) is 3.11. The van der Waals surface area contributed by atoms with E-state index in [1.165, 1.54) is 0 Å². The maximum Gasteiger partial charge on any atom is 0.143 e. The van der Waals surface area contributed by atoms with Crippen molar-refractivity contribution in [2.75, 3.05) is 0 Å². The molecule has 0 fully saturated rings. The van der Waals surface area contributed by atoms with E-state index in [1.807, 2.05) is 29.8 Å². The number of hydrogen-bond acceptors (Lipinski definition) is 4. The molecule has 0 atom stereocenters. The van der Waals surface area contributed by atoms with Gasteiger partial charge in [0.25, 0.3) is 0 Å². The van der Waals surface area contributed by atoms with Gasteiger partial charge in [0.15, 0.2) is 0 Å². The Morgan fingerprint density at radius 2 is 1.87 bits per heavy atom. The van der Waals surface area contributed by atoms with E-state index in [2.05, 4.69) is 15.0 Å². The Labute approximate surface area is 90.5 Å². The lowest BCUT2D eigenvalue weighted by Gasteiger charge is -1.98. The summed E-state index contributed by atoms with van der Waals surface area (Å²) in [6.45, 7) is 0. The van der Waals surface area contributed by atoms with Gasteiger partial charge in [-0.25, -0.2) is 9.97 Å². The Hall–Kier alpha value is -1.81. The van der Waals surface area contributed by atoms with Crippen LogP contribution in [-0.2, 0) is 0 Å². The van der Waals surface area contributed by atoms with Crippen LogP contribution in [0, 0.1) is 0 Å². The number of pyridine rings is 2. The van der Waals surface area contributed by atoms with Crippen LogP contribution in [0.4, 0.5) is 0 Å². The monoisotopic (exact) mass is 213 g/mol. The van der Waals surface area contributed by atoms with Crippen LogP contribution in [0.3, 0.4) is 0 Å². The average molecular weight is 213 g/mol. The fourth-order valence-electron chi connectivity index (χ4n) is 1.43. The molecular weight excluding hydrogens is 206 g/mol. The Morgan fingerprint density at radius 1 is 1.00 bits per heavy atom. The molecule has 0 aliphatic heterocycles. The van der Waals surface area contributed by atoms with Crippen LogP contribution in [0.15, 0.2) is 42.2 Å². The molecule has 0 amide bonds. The first-order valence-corrected chi connectivity index (χ1v) is 5.42. The molecule has 15 heavy (non-hydrogen) atoms. The standard InChI is InChI=1S/C11H7N3S/c1-2-10-11(15-7-13-10)14-9(1)8-3-5-12-6-4-8/h1-7H. The third-order valence-corrected chi connectivity index (χ3v) is 2.91. The summed E-state index contributed by atoms with van der Waals surface area (Å²) in [7, 11) is 0. The van der Waals surface area contributed by atoms with Crippen molar-refractivity contribution in [1.82, 2.24) is 15.0 Å². The first-order valence-electron chi connectivity index (χ1n) is 4.54. The highest BCUT2D eigenvalue weighted by Gasteiger charge is 2.02. The molecule has 72 valence electrons. The van der Waals surface area contributed by atoms with Crippen molar-refractivity contribution in [2.45, 2.75) is 0 Å². The summed E-state index contributed by atoms with van der Waals surface area (Å²) >= 11 is 1.56. The lowest BCUT2D eigenvalue weighted by molar-refractivity contribution is 1.31. The summed E-state index contributed by atoms with van der Waals surface area (Å²) in [5.41, 5.74) is 4.82. The predicted molar refractivity (Wildman–Crippen MR) is 60.6 cm³/mol. The fourth-order valence-corrected chi connectivity index (χ4v) is 2.09. The zero-order chi connectivity index (χ0) is 10.1. The third kappa shape index (κ3) is 1.49. The minimum Gasteiger partial charge on any atom is -0.265 e. The molecule has 0 N–H and O–H groups in total. The molecule has 0 aliphatic carbocycles. The van der Waals surface area contributed by atoms with Crippen molar-refractivity contribution in [3.63, 3.8) is 0 Å². The van der Waals surface area contributed by atoms with Gasteiger partial charge in [0.2, 0.25) is 0 Å². The first-order chi connectivity index (χ1) is 7.43. The van der Waals surface area contributed by atoms with Crippen molar-refractivity contribution in [3.05, 3.63) is 42.2 Å². The number of aromatic nitrogens is 3. The van der Waals surface area contributed by atoms with Crippen LogP contribution in [0.2, 0.25) is 0 Å². The zero-order valence-electron chi connectivity index (χ0n) is 7.79. The highest BCUT2D eigenvalue weighted by molar-refractivity contribution is 7.16. The molecule has 3 rings (SSSR count). The molecular formula is C11H7N3S. The average Bonchev–Trinajstić information content (AvgIpc) is 2.77. The zero-order valence-corrected chi connectivity index (χ0v) is 8.61. The molecule has 0 bridgehead atoms. The van der Waals surface area contributed by atoms with Gasteiger partial charge in [-0.2, -0.15) is 0 Å². The highest BCUT2D eigenvalue weighted by atomic mass is 32.1. The van der Waals surface area contributed by atoms with E-state index in [4.69, 9.17) is 0 Å². The van der Waals surface area contributed by atoms with E-state index >= 15 is 0 Å². The summed E-state index contributed by atoms with van der Waals surface area (Å²) in [4.78, 5) is 13.7. The Morgan fingerprint density at radius 3 is 2.73 bits per heavy atom. The molecule has 0 unspecified atom stereocenters. The van der Waals surface area contributed by atoms with E-state index in [0.29, 0.717) is 0 Å². The van der Waals surface area contributed by atoms with Crippen LogP contribution in [0.1, 0.15) is 0 Å². The molecule has 0 spiro atoms. The number of fused-ring (bicyclic) bond motifs is 1. The normalized spacial score (nSPS) is 10.7. The van der Waals surface area contributed by atoms with E-state index in [-0.39, 0.29) is 0 Å². The molecule has 3 heterocycles. The molecule has 0 saturated carbocycles. The number of thiazole rings is 1. The van der Waals surface area contributed by atoms with Gasteiger partial charge in [0.05, 0.1) is 16.7 Å². The Balaban J connectivity index is 2.19. The second-order valence-corrected chi connectivity index (χ2v) is 3.94. The quantitative estimate of drug-likeness (QED) is 0.624. The van der Waals surface area contributed by atoms with Crippen LogP contribution in [-0.4, -0.2) is 15.0 Å². The summed E-state index contributed by atoms with van der Waals surface area (Å²) in [6.07, 6.45) is 3.54. The molecule has 0 saturated heterocycles. The molecule has 0 aliphatic rings. The van der Waals surface area contributed by atoms with Gasteiger partial charge in [0, 0.05) is 18.0 Å². The molecule has 3 aromatic rings. The van der Waals surface area contributed by atoms with Crippen LogP contribution in [0.25, 0.3) is 21.6 Å². The first kappa shape index (κ1) is 8.49. The van der Waals surface area contributed by atoms with Crippen LogP contribution < -0.4 is 0 Å². The number of hydrogen-bond donors (Lipinski definition) is 0. The van der Waals surface area contributed by atoms with Crippen molar-refractivity contribution in [1.29, 1.82) is 0 Å². The lowest BCUT2D eigenvalue weighted by Crippen LogP contribution is -1.83. The maximum atomic E-state index is 4.53. The Kier molecular flexibility index (Phi) is 1.93. The fraction of sp³-hybridized carbons (Fsp3) is 0. The molecule has 3 aromatic heterocycles. The SMILES string of the molecule is c1cc(-c2ccc3ncsc3n2)ccn1. The van der Waals surface area contributed by atoms with E-state index < -0.39 is 0 Å². The molecule has 3 nitrogen and oxygen atoms in total. The molecule has 4 heteroatoms. The van der Waals surface area contributed by atoms with E-state index in [0.717, 1.165) is 21.6 Å². The molecule has 0 aromatic carbocycles. The van der Waals surface area contributed by atoms with Crippen LogP contribution >= 0.6 is 11.3 Å². The van der Waals surface area contributed by atoms with Gasteiger partial charge in [0.1, 0.15) is 4.83 Å². The van der Waals surface area contributed by atoms with Gasteiger partial charge in [-0.1, -0.05) is 0 Å². The van der Waals surface area contributed by atoms with Gasteiger partial charge < -0.3 is 0 Å². The summed E-state index contributed by atoms with van der Waals surface area (Å²) in [6, 6.07) is 7.89. The minimum atomic E-state index is 0.956. The Bertz CT molecular complexity index is 589. The number of nitrogens with zero attached hydrogens (tertiary/aromatic N) is 3. The maximum absolute atomic E-state index is 4.53.